The van der Waals surface area contributed by atoms with E-state index >= 15 is 0 Å². The predicted molar refractivity (Wildman–Crippen MR) is 122 cm³/mol. The summed E-state index contributed by atoms with van der Waals surface area (Å²) in [5.74, 6) is 1.44. The Morgan fingerprint density at radius 2 is 2.07 bits per heavy atom. The number of hydrogen-bond acceptors (Lipinski definition) is 4. The Morgan fingerprint density at radius 3 is 2.63 bits per heavy atom. The SMILES string of the molecule is C=C(C)CN1CCC(NC(=NCc2ccc(OC)c(O)c2)NCC)CC1.I. The van der Waals surface area contributed by atoms with Crippen molar-refractivity contribution in [2.45, 2.75) is 39.3 Å². The van der Waals surface area contributed by atoms with Crippen LogP contribution in [0.15, 0.2) is 35.3 Å². The number of nitrogens with one attached hydrogen (secondary N) is 2. The largest absolute Gasteiger partial charge is 0.504 e. The molecule has 0 amide bonds. The number of nitrogens with zero attached hydrogens (tertiary/aromatic N) is 2. The highest BCUT2D eigenvalue weighted by Gasteiger charge is 2.19. The Bertz CT molecular complexity index is 628. The molecule has 0 spiro atoms. The monoisotopic (exact) mass is 488 g/mol. The Morgan fingerprint density at radius 1 is 1.37 bits per heavy atom. The maximum atomic E-state index is 9.89. The molecule has 152 valence electrons. The molecular weight excluding hydrogens is 455 g/mol. The lowest BCUT2D eigenvalue weighted by atomic mass is 10.0. The van der Waals surface area contributed by atoms with Crippen molar-refractivity contribution in [2.75, 3.05) is 33.3 Å². The summed E-state index contributed by atoms with van der Waals surface area (Å²) in [5.41, 5.74) is 2.16. The van der Waals surface area contributed by atoms with E-state index in [1.165, 1.54) is 5.57 Å². The van der Waals surface area contributed by atoms with E-state index in [2.05, 4.69) is 41.0 Å². The first-order chi connectivity index (χ1) is 12.5. The maximum Gasteiger partial charge on any atom is 0.191 e. The fourth-order valence-electron chi connectivity index (χ4n) is 3.13. The normalized spacial score (nSPS) is 15.7. The van der Waals surface area contributed by atoms with Crippen molar-refractivity contribution in [2.24, 2.45) is 4.99 Å². The van der Waals surface area contributed by atoms with Crippen LogP contribution < -0.4 is 15.4 Å². The van der Waals surface area contributed by atoms with Gasteiger partial charge in [0, 0.05) is 32.2 Å². The van der Waals surface area contributed by atoms with Crippen molar-refractivity contribution in [1.29, 1.82) is 0 Å². The number of aliphatic imine (C=N–C) groups is 1. The number of piperidine rings is 1. The third-order valence-electron chi connectivity index (χ3n) is 4.43. The summed E-state index contributed by atoms with van der Waals surface area (Å²) in [6, 6.07) is 5.81. The van der Waals surface area contributed by atoms with E-state index in [0.717, 1.165) is 50.5 Å². The second-order valence-electron chi connectivity index (χ2n) is 6.85. The van der Waals surface area contributed by atoms with Crippen molar-refractivity contribution in [1.82, 2.24) is 15.5 Å². The number of methoxy groups -OCH3 is 1. The molecule has 0 radical (unpaired) electrons. The number of halogens is 1. The van der Waals surface area contributed by atoms with Gasteiger partial charge in [-0.05, 0) is 44.4 Å². The average molecular weight is 488 g/mol. The third-order valence-corrected chi connectivity index (χ3v) is 4.43. The zero-order chi connectivity index (χ0) is 18.9. The van der Waals surface area contributed by atoms with Gasteiger partial charge in [-0.25, -0.2) is 4.99 Å². The van der Waals surface area contributed by atoms with Crippen LogP contribution in [0.4, 0.5) is 0 Å². The van der Waals surface area contributed by atoms with Gasteiger partial charge in [-0.3, -0.25) is 4.90 Å². The molecule has 1 aromatic carbocycles. The lowest BCUT2D eigenvalue weighted by molar-refractivity contribution is 0.221. The number of hydrogen-bond donors (Lipinski definition) is 3. The quantitative estimate of drug-likeness (QED) is 0.238. The summed E-state index contributed by atoms with van der Waals surface area (Å²) in [7, 11) is 1.54. The van der Waals surface area contributed by atoms with Gasteiger partial charge in [0.25, 0.3) is 0 Å². The highest BCUT2D eigenvalue weighted by atomic mass is 127. The van der Waals surface area contributed by atoms with Gasteiger partial charge in [-0.15, -0.1) is 24.0 Å². The van der Waals surface area contributed by atoms with Crippen molar-refractivity contribution in [3.63, 3.8) is 0 Å². The second kappa shape index (κ2) is 12.1. The molecule has 0 saturated carbocycles. The zero-order valence-corrected chi connectivity index (χ0v) is 19.0. The van der Waals surface area contributed by atoms with Crippen LogP contribution in [0.3, 0.4) is 0 Å². The van der Waals surface area contributed by atoms with Gasteiger partial charge in [0.2, 0.25) is 0 Å². The maximum absolute atomic E-state index is 9.89. The fraction of sp³-hybridized carbons (Fsp3) is 0.550. The number of phenols is 1. The lowest BCUT2D eigenvalue weighted by Gasteiger charge is -2.33. The van der Waals surface area contributed by atoms with Crippen molar-refractivity contribution < 1.29 is 9.84 Å². The number of guanidine groups is 1. The molecule has 0 bridgehead atoms. The molecule has 7 heteroatoms. The van der Waals surface area contributed by atoms with Crippen molar-refractivity contribution in [3.8, 4) is 11.5 Å². The van der Waals surface area contributed by atoms with E-state index in [1.807, 2.05) is 6.07 Å². The topological polar surface area (TPSA) is 69.1 Å². The average Bonchev–Trinajstić information content (AvgIpc) is 2.61. The first-order valence-electron chi connectivity index (χ1n) is 9.29. The summed E-state index contributed by atoms with van der Waals surface area (Å²) in [4.78, 5) is 7.11. The smallest absolute Gasteiger partial charge is 0.191 e. The van der Waals surface area contributed by atoms with Crippen LogP contribution in [0.1, 0.15) is 32.3 Å². The Hall–Kier alpha value is -1.48. The highest BCUT2D eigenvalue weighted by molar-refractivity contribution is 14.0. The van der Waals surface area contributed by atoms with E-state index in [-0.39, 0.29) is 29.7 Å². The molecule has 1 saturated heterocycles. The molecule has 2 rings (SSSR count). The van der Waals surface area contributed by atoms with Gasteiger partial charge in [-0.2, -0.15) is 0 Å². The summed E-state index contributed by atoms with van der Waals surface area (Å²) in [5, 5.41) is 16.7. The van der Waals surface area contributed by atoms with Gasteiger partial charge in [0.1, 0.15) is 0 Å². The molecule has 1 heterocycles. The molecular formula is C20H33IN4O2. The molecule has 0 atom stereocenters. The molecule has 1 aliphatic rings. The van der Waals surface area contributed by atoms with Gasteiger partial charge in [0.05, 0.1) is 13.7 Å². The Kier molecular flexibility index (Phi) is 10.5. The molecule has 27 heavy (non-hydrogen) atoms. The minimum Gasteiger partial charge on any atom is -0.504 e. The fourth-order valence-corrected chi connectivity index (χ4v) is 3.13. The Labute approximate surface area is 180 Å². The first-order valence-corrected chi connectivity index (χ1v) is 9.29. The minimum atomic E-state index is 0. The van der Waals surface area contributed by atoms with Crippen LogP contribution in [0.2, 0.25) is 0 Å². The highest BCUT2D eigenvalue weighted by Crippen LogP contribution is 2.26. The zero-order valence-electron chi connectivity index (χ0n) is 16.6. The predicted octanol–water partition coefficient (Wildman–Crippen LogP) is 3.11. The lowest BCUT2D eigenvalue weighted by Crippen LogP contribution is -2.48. The second-order valence-corrected chi connectivity index (χ2v) is 6.85. The number of ether oxygens (including phenoxy) is 1. The molecule has 1 aliphatic heterocycles. The first kappa shape index (κ1) is 23.6. The number of benzene rings is 1. The molecule has 1 fully saturated rings. The van der Waals surface area contributed by atoms with Crippen molar-refractivity contribution >= 4 is 29.9 Å². The van der Waals surface area contributed by atoms with Crippen LogP contribution in [0.25, 0.3) is 0 Å². The van der Waals surface area contributed by atoms with E-state index in [4.69, 9.17) is 4.74 Å². The van der Waals surface area contributed by atoms with Gasteiger partial charge >= 0.3 is 0 Å². The summed E-state index contributed by atoms with van der Waals surface area (Å²) >= 11 is 0. The van der Waals surface area contributed by atoms with Gasteiger partial charge < -0.3 is 20.5 Å². The molecule has 1 aromatic rings. The van der Waals surface area contributed by atoms with Crippen LogP contribution in [-0.4, -0.2) is 55.3 Å². The Balaban J connectivity index is 0.00000364. The van der Waals surface area contributed by atoms with Crippen molar-refractivity contribution in [3.05, 3.63) is 35.9 Å². The van der Waals surface area contributed by atoms with E-state index in [9.17, 15) is 5.11 Å². The summed E-state index contributed by atoms with van der Waals surface area (Å²) in [6.45, 7) is 12.6. The third kappa shape index (κ3) is 7.96. The van der Waals surface area contributed by atoms with Crippen LogP contribution in [-0.2, 0) is 6.54 Å². The molecule has 3 N–H and O–H groups in total. The summed E-state index contributed by atoms with van der Waals surface area (Å²) < 4.78 is 5.08. The number of phenolic OH excluding ortho intramolecular Hbond substituents is 1. The van der Waals surface area contributed by atoms with E-state index in [1.54, 1.807) is 19.2 Å². The van der Waals surface area contributed by atoms with E-state index < -0.39 is 0 Å². The van der Waals surface area contributed by atoms with Gasteiger partial charge in [-0.1, -0.05) is 18.2 Å². The summed E-state index contributed by atoms with van der Waals surface area (Å²) in [6.07, 6.45) is 2.20. The van der Waals surface area contributed by atoms with Crippen LogP contribution in [0.5, 0.6) is 11.5 Å². The number of rotatable bonds is 7. The van der Waals surface area contributed by atoms with Gasteiger partial charge in [0.15, 0.2) is 17.5 Å². The standard InChI is InChI=1S/C20H32N4O2.HI/c1-5-21-20(22-13-16-6-7-19(26-4)18(25)12-16)23-17-8-10-24(11-9-17)14-15(2)3;/h6-7,12,17,25H,2,5,8-11,13-14H2,1,3-4H3,(H2,21,22,23);1H. The van der Waals surface area contributed by atoms with Crippen LogP contribution >= 0.6 is 24.0 Å². The van der Waals surface area contributed by atoms with Crippen LogP contribution in [0, 0.1) is 0 Å². The molecule has 0 aromatic heterocycles. The van der Waals surface area contributed by atoms with E-state index in [0.29, 0.717) is 18.3 Å². The number of aromatic hydroxyl groups is 1. The molecule has 6 nitrogen and oxygen atoms in total. The molecule has 0 unspecified atom stereocenters. The molecule has 0 aliphatic carbocycles. The minimum absolute atomic E-state index is 0. The number of likely N-dealkylation sites (tertiary alicyclic amines) is 1.